The zero-order valence-electron chi connectivity index (χ0n) is 11.1. The maximum atomic E-state index is 11.8. The van der Waals surface area contributed by atoms with Gasteiger partial charge in [-0.3, -0.25) is 14.6 Å². The molecule has 102 valence electrons. The Labute approximate surface area is 117 Å². The molecule has 0 saturated carbocycles. The van der Waals surface area contributed by atoms with E-state index < -0.39 is 0 Å². The van der Waals surface area contributed by atoms with E-state index in [9.17, 15) is 9.59 Å². The highest BCUT2D eigenvalue weighted by Gasteiger charge is 2.08. The number of pyridine rings is 1. The Balaban J connectivity index is 1.74. The number of nitrogens with one attached hydrogen (secondary N) is 1. The first-order valence-electron chi connectivity index (χ1n) is 6.50. The van der Waals surface area contributed by atoms with E-state index in [1.54, 1.807) is 18.3 Å². The topological polar surface area (TPSA) is 59.1 Å². The van der Waals surface area contributed by atoms with Gasteiger partial charge in [0.05, 0.1) is 12.2 Å². The Morgan fingerprint density at radius 3 is 2.40 bits per heavy atom. The summed E-state index contributed by atoms with van der Waals surface area (Å²) in [5.74, 6) is -0.154. The van der Waals surface area contributed by atoms with Crippen molar-refractivity contribution in [3.05, 3.63) is 66.0 Å². The van der Waals surface area contributed by atoms with E-state index in [4.69, 9.17) is 0 Å². The summed E-state index contributed by atoms with van der Waals surface area (Å²) in [4.78, 5) is 27.6. The molecular formula is C16H16N2O2. The molecule has 1 aromatic carbocycles. The third-order valence-corrected chi connectivity index (χ3v) is 2.87. The number of hydrogen-bond acceptors (Lipinski definition) is 3. The number of amides is 1. The molecule has 0 spiro atoms. The van der Waals surface area contributed by atoms with E-state index in [0.717, 1.165) is 5.69 Å². The molecule has 0 aliphatic carbocycles. The lowest BCUT2D eigenvalue weighted by Crippen LogP contribution is -2.23. The molecule has 1 amide bonds. The Bertz CT molecular complexity index is 568. The molecule has 4 heteroatoms. The van der Waals surface area contributed by atoms with Gasteiger partial charge in [0.15, 0.2) is 5.78 Å². The predicted octanol–water partition coefficient (Wildman–Crippen LogP) is 2.36. The Kier molecular flexibility index (Phi) is 5.00. The van der Waals surface area contributed by atoms with Crippen LogP contribution >= 0.6 is 0 Å². The average Bonchev–Trinajstić information content (AvgIpc) is 2.52. The molecule has 20 heavy (non-hydrogen) atoms. The van der Waals surface area contributed by atoms with Crippen LogP contribution < -0.4 is 5.32 Å². The number of carbonyl (C=O) groups excluding carboxylic acids is 2. The van der Waals surface area contributed by atoms with Gasteiger partial charge in [0.2, 0.25) is 5.91 Å². The summed E-state index contributed by atoms with van der Waals surface area (Å²) in [5, 5.41) is 2.75. The lowest BCUT2D eigenvalue weighted by molar-refractivity contribution is -0.121. The molecular weight excluding hydrogens is 252 g/mol. The van der Waals surface area contributed by atoms with Gasteiger partial charge in [-0.15, -0.1) is 0 Å². The summed E-state index contributed by atoms with van der Waals surface area (Å²) in [6.07, 6.45) is 2.10. The smallest absolute Gasteiger partial charge is 0.220 e. The average molecular weight is 268 g/mol. The minimum Gasteiger partial charge on any atom is -0.350 e. The van der Waals surface area contributed by atoms with Crippen LogP contribution in [0.15, 0.2) is 54.7 Å². The number of rotatable bonds is 6. The maximum Gasteiger partial charge on any atom is 0.220 e. The van der Waals surface area contributed by atoms with Gasteiger partial charge >= 0.3 is 0 Å². The third-order valence-electron chi connectivity index (χ3n) is 2.87. The quantitative estimate of drug-likeness (QED) is 0.818. The summed E-state index contributed by atoms with van der Waals surface area (Å²) in [6.45, 7) is 0.388. The van der Waals surface area contributed by atoms with Crippen molar-refractivity contribution in [2.75, 3.05) is 0 Å². The van der Waals surface area contributed by atoms with Crippen molar-refractivity contribution >= 4 is 11.7 Å². The number of benzene rings is 1. The molecule has 2 aromatic rings. The van der Waals surface area contributed by atoms with E-state index in [0.29, 0.717) is 12.1 Å². The van der Waals surface area contributed by atoms with Crippen LogP contribution in [-0.2, 0) is 11.3 Å². The van der Waals surface area contributed by atoms with Gasteiger partial charge in [-0.2, -0.15) is 0 Å². The van der Waals surface area contributed by atoms with Gasteiger partial charge in [-0.25, -0.2) is 0 Å². The van der Waals surface area contributed by atoms with Crippen molar-refractivity contribution in [2.45, 2.75) is 19.4 Å². The fraction of sp³-hybridized carbons (Fsp3) is 0.188. The fourth-order valence-corrected chi connectivity index (χ4v) is 1.78. The molecule has 2 rings (SSSR count). The predicted molar refractivity (Wildman–Crippen MR) is 76.1 cm³/mol. The lowest BCUT2D eigenvalue weighted by atomic mass is 10.1. The van der Waals surface area contributed by atoms with Gasteiger partial charge in [0, 0.05) is 24.6 Å². The minimum atomic E-state index is -0.139. The second-order valence-corrected chi connectivity index (χ2v) is 4.39. The second-order valence-electron chi connectivity index (χ2n) is 4.39. The lowest BCUT2D eigenvalue weighted by Gasteiger charge is -2.04. The normalized spacial score (nSPS) is 10.0. The van der Waals surface area contributed by atoms with Gasteiger partial charge < -0.3 is 5.32 Å². The van der Waals surface area contributed by atoms with E-state index in [1.807, 2.05) is 36.4 Å². The van der Waals surface area contributed by atoms with E-state index in [1.165, 1.54) is 0 Å². The minimum absolute atomic E-state index is 0.0152. The van der Waals surface area contributed by atoms with Crippen LogP contribution in [0.3, 0.4) is 0 Å². The maximum absolute atomic E-state index is 11.8. The molecule has 0 radical (unpaired) electrons. The van der Waals surface area contributed by atoms with Crippen LogP contribution in [-0.4, -0.2) is 16.7 Å². The summed E-state index contributed by atoms with van der Waals surface area (Å²) < 4.78 is 0. The van der Waals surface area contributed by atoms with Crippen molar-refractivity contribution in [2.24, 2.45) is 0 Å². The van der Waals surface area contributed by atoms with Crippen molar-refractivity contribution in [1.82, 2.24) is 10.3 Å². The van der Waals surface area contributed by atoms with E-state index in [-0.39, 0.29) is 24.5 Å². The fourth-order valence-electron chi connectivity index (χ4n) is 1.78. The Hall–Kier alpha value is -2.49. The molecule has 1 N–H and O–H groups in total. The summed E-state index contributed by atoms with van der Waals surface area (Å²) in [5.41, 5.74) is 1.44. The molecule has 0 aliphatic rings. The van der Waals surface area contributed by atoms with Crippen molar-refractivity contribution in [3.8, 4) is 0 Å². The van der Waals surface area contributed by atoms with Crippen LogP contribution in [0, 0.1) is 0 Å². The summed E-state index contributed by atoms with van der Waals surface area (Å²) in [6, 6.07) is 14.5. The molecule has 0 unspecified atom stereocenters. The first-order chi connectivity index (χ1) is 9.75. The number of aromatic nitrogens is 1. The van der Waals surface area contributed by atoms with Gasteiger partial charge in [0.25, 0.3) is 0 Å². The molecule has 1 heterocycles. The molecule has 4 nitrogen and oxygen atoms in total. The Morgan fingerprint density at radius 1 is 0.950 bits per heavy atom. The van der Waals surface area contributed by atoms with Crippen LogP contribution in [0.1, 0.15) is 28.9 Å². The standard InChI is InChI=1S/C16H16N2O2/c19-15(13-6-2-1-3-7-13)9-10-16(20)18-12-14-8-4-5-11-17-14/h1-8,11H,9-10,12H2,(H,18,20). The third kappa shape index (κ3) is 4.31. The second kappa shape index (κ2) is 7.19. The van der Waals surface area contributed by atoms with E-state index in [2.05, 4.69) is 10.3 Å². The summed E-state index contributed by atoms with van der Waals surface area (Å²) >= 11 is 0. The van der Waals surface area contributed by atoms with Crippen LogP contribution in [0.4, 0.5) is 0 Å². The highest BCUT2D eigenvalue weighted by molar-refractivity contribution is 5.97. The zero-order chi connectivity index (χ0) is 14.2. The number of nitrogens with zero attached hydrogens (tertiary/aromatic N) is 1. The van der Waals surface area contributed by atoms with Crippen LogP contribution in [0.5, 0.6) is 0 Å². The highest BCUT2D eigenvalue weighted by Crippen LogP contribution is 2.05. The molecule has 0 atom stereocenters. The van der Waals surface area contributed by atoms with Crippen LogP contribution in [0.2, 0.25) is 0 Å². The van der Waals surface area contributed by atoms with Gasteiger partial charge in [0.1, 0.15) is 0 Å². The Morgan fingerprint density at radius 2 is 1.70 bits per heavy atom. The first-order valence-corrected chi connectivity index (χ1v) is 6.50. The largest absolute Gasteiger partial charge is 0.350 e. The zero-order valence-corrected chi connectivity index (χ0v) is 11.1. The van der Waals surface area contributed by atoms with Crippen molar-refractivity contribution in [3.63, 3.8) is 0 Å². The van der Waals surface area contributed by atoms with Crippen molar-refractivity contribution < 1.29 is 9.59 Å². The monoisotopic (exact) mass is 268 g/mol. The van der Waals surface area contributed by atoms with Crippen molar-refractivity contribution in [1.29, 1.82) is 0 Å². The van der Waals surface area contributed by atoms with Crippen LogP contribution in [0.25, 0.3) is 0 Å². The molecule has 1 aromatic heterocycles. The SMILES string of the molecule is O=C(CCC(=O)c1ccccc1)NCc1ccccn1. The van der Waals surface area contributed by atoms with Gasteiger partial charge in [-0.1, -0.05) is 36.4 Å². The van der Waals surface area contributed by atoms with E-state index >= 15 is 0 Å². The highest BCUT2D eigenvalue weighted by atomic mass is 16.2. The summed E-state index contributed by atoms with van der Waals surface area (Å²) in [7, 11) is 0. The molecule has 0 fully saturated rings. The number of ketones is 1. The number of carbonyl (C=O) groups is 2. The number of Topliss-reactive ketones (excluding diaryl/α,β-unsaturated/α-hetero) is 1. The number of hydrogen-bond donors (Lipinski definition) is 1. The van der Waals surface area contributed by atoms with Gasteiger partial charge in [-0.05, 0) is 12.1 Å². The molecule has 0 bridgehead atoms. The molecule has 0 saturated heterocycles. The molecule has 0 aliphatic heterocycles. The first kappa shape index (κ1) is 13.9.